The average molecular weight is 248 g/mol. The number of aromatic nitrogens is 4. The molecule has 18 heavy (non-hydrogen) atoms. The maximum Gasteiger partial charge on any atom is 0.242 e. The van der Waals surface area contributed by atoms with Gasteiger partial charge in [-0.25, -0.2) is 13.5 Å². The highest BCUT2D eigenvalue weighted by Gasteiger charge is 2.13. The Kier molecular flexibility index (Phi) is 2.19. The van der Waals surface area contributed by atoms with E-state index in [1.807, 2.05) is 0 Å². The minimum absolute atomic E-state index is 0.0683. The summed E-state index contributed by atoms with van der Waals surface area (Å²) in [5.41, 5.74) is 0.451. The van der Waals surface area contributed by atoms with Crippen LogP contribution >= 0.6 is 0 Å². The first-order valence-corrected chi connectivity index (χ1v) is 5.00. The van der Waals surface area contributed by atoms with E-state index in [1.165, 1.54) is 23.1 Å². The van der Waals surface area contributed by atoms with E-state index in [0.29, 0.717) is 10.9 Å². The van der Waals surface area contributed by atoms with Crippen molar-refractivity contribution in [3.63, 3.8) is 0 Å². The number of halogens is 2. The quantitative estimate of drug-likeness (QED) is 0.713. The molecule has 0 fully saturated rings. The zero-order chi connectivity index (χ0) is 12.7. The molecule has 0 spiro atoms. The molecule has 2 aromatic heterocycles. The Hall–Kier alpha value is -2.57. The Morgan fingerprint density at radius 1 is 1.17 bits per heavy atom. The van der Waals surface area contributed by atoms with Gasteiger partial charge in [0.2, 0.25) is 5.88 Å². The number of aromatic hydroxyl groups is 1. The molecule has 3 aromatic rings. The van der Waals surface area contributed by atoms with Crippen LogP contribution in [-0.2, 0) is 0 Å². The number of rotatable bonds is 1. The van der Waals surface area contributed by atoms with Gasteiger partial charge in [-0.3, -0.25) is 0 Å². The van der Waals surface area contributed by atoms with Gasteiger partial charge < -0.3 is 5.11 Å². The van der Waals surface area contributed by atoms with E-state index < -0.39 is 11.6 Å². The Balaban J connectivity index is 2.29. The zero-order valence-electron chi connectivity index (χ0n) is 8.88. The predicted molar refractivity (Wildman–Crippen MR) is 58.2 cm³/mol. The number of benzene rings is 1. The molecule has 0 aliphatic rings. The van der Waals surface area contributed by atoms with Crippen LogP contribution in [0.25, 0.3) is 16.6 Å². The van der Waals surface area contributed by atoms with Crippen LogP contribution in [0.2, 0.25) is 0 Å². The summed E-state index contributed by atoms with van der Waals surface area (Å²) >= 11 is 0. The minimum atomic E-state index is -0.753. The van der Waals surface area contributed by atoms with Crippen molar-refractivity contribution in [2.24, 2.45) is 0 Å². The van der Waals surface area contributed by atoms with Gasteiger partial charge in [-0.15, -0.1) is 5.10 Å². The van der Waals surface area contributed by atoms with Crippen LogP contribution in [0.5, 0.6) is 5.88 Å². The third-order valence-electron chi connectivity index (χ3n) is 2.52. The monoisotopic (exact) mass is 248 g/mol. The van der Waals surface area contributed by atoms with Gasteiger partial charge in [0.1, 0.15) is 11.5 Å². The lowest BCUT2D eigenvalue weighted by Crippen LogP contribution is -2.00. The van der Waals surface area contributed by atoms with Crippen LogP contribution in [0.4, 0.5) is 8.78 Å². The molecular formula is C11H6F2N4O. The molecule has 2 heterocycles. The van der Waals surface area contributed by atoms with Crippen LogP contribution in [0.1, 0.15) is 0 Å². The number of hydrogen-bond donors (Lipinski definition) is 1. The molecule has 0 atom stereocenters. The van der Waals surface area contributed by atoms with Crippen molar-refractivity contribution in [1.29, 1.82) is 0 Å². The van der Waals surface area contributed by atoms with E-state index in [4.69, 9.17) is 0 Å². The first-order valence-electron chi connectivity index (χ1n) is 5.00. The molecule has 1 N–H and O–H groups in total. The van der Waals surface area contributed by atoms with E-state index >= 15 is 0 Å². The van der Waals surface area contributed by atoms with E-state index in [-0.39, 0.29) is 11.6 Å². The maximum absolute atomic E-state index is 13.6. The molecule has 0 aliphatic carbocycles. The molecule has 0 aliphatic heterocycles. The Labute approximate surface area is 99.3 Å². The lowest BCUT2D eigenvalue weighted by atomic mass is 10.3. The maximum atomic E-state index is 13.6. The summed E-state index contributed by atoms with van der Waals surface area (Å²) in [5, 5.41) is 20.7. The largest absolute Gasteiger partial charge is 0.492 e. The second-order valence-corrected chi connectivity index (χ2v) is 3.62. The van der Waals surface area contributed by atoms with Gasteiger partial charge in [0.05, 0.1) is 23.3 Å². The molecule has 0 bridgehead atoms. The Bertz CT molecular complexity index is 741. The number of fused-ring (bicyclic) bond motifs is 1. The van der Waals surface area contributed by atoms with Gasteiger partial charge in [0.15, 0.2) is 5.82 Å². The minimum Gasteiger partial charge on any atom is -0.492 e. The average Bonchev–Trinajstić information content (AvgIpc) is 2.74. The summed E-state index contributed by atoms with van der Waals surface area (Å²) in [6, 6.07) is 3.15. The highest BCUT2D eigenvalue weighted by atomic mass is 19.1. The van der Waals surface area contributed by atoms with Crippen molar-refractivity contribution in [3.05, 3.63) is 42.2 Å². The molecule has 0 saturated carbocycles. The van der Waals surface area contributed by atoms with Crippen LogP contribution in [0.3, 0.4) is 0 Å². The fraction of sp³-hybridized carbons (Fsp3) is 0. The molecule has 1 aromatic carbocycles. The second kappa shape index (κ2) is 3.73. The smallest absolute Gasteiger partial charge is 0.242 e. The highest BCUT2D eigenvalue weighted by molar-refractivity contribution is 5.83. The van der Waals surface area contributed by atoms with Crippen molar-refractivity contribution >= 4 is 10.9 Å². The van der Waals surface area contributed by atoms with E-state index in [1.54, 1.807) is 0 Å². The summed E-state index contributed by atoms with van der Waals surface area (Å²) in [5.74, 6) is -1.71. The summed E-state index contributed by atoms with van der Waals surface area (Å²) in [6.45, 7) is 0. The fourth-order valence-electron chi connectivity index (χ4n) is 1.69. The first kappa shape index (κ1) is 10.6. The first-order chi connectivity index (χ1) is 8.66. The van der Waals surface area contributed by atoms with Crippen molar-refractivity contribution < 1.29 is 13.9 Å². The summed E-state index contributed by atoms with van der Waals surface area (Å²) in [4.78, 5) is 0. The Morgan fingerprint density at radius 2 is 2.00 bits per heavy atom. The molecule has 0 unspecified atom stereocenters. The van der Waals surface area contributed by atoms with Gasteiger partial charge in [-0.05, 0) is 12.1 Å². The fourth-order valence-corrected chi connectivity index (χ4v) is 1.69. The number of hydrogen-bond acceptors (Lipinski definition) is 4. The zero-order valence-corrected chi connectivity index (χ0v) is 8.88. The molecule has 0 amide bonds. The van der Waals surface area contributed by atoms with Crippen molar-refractivity contribution in [2.45, 2.75) is 0 Å². The van der Waals surface area contributed by atoms with E-state index in [9.17, 15) is 13.9 Å². The van der Waals surface area contributed by atoms with Crippen LogP contribution in [0.15, 0.2) is 30.6 Å². The van der Waals surface area contributed by atoms with Crippen LogP contribution < -0.4 is 0 Å². The van der Waals surface area contributed by atoms with E-state index in [2.05, 4.69) is 15.3 Å². The lowest BCUT2D eigenvalue weighted by Gasteiger charge is -2.04. The van der Waals surface area contributed by atoms with Crippen molar-refractivity contribution in [1.82, 2.24) is 20.0 Å². The van der Waals surface area contributed by atoms with Crippen molar-refractivity contribution in [3.8, 4) is 11.6 Å². The molecule has 0 saturated heterocycles. The van der Waals surface area contributed by atoms with Crippen molar-refractivity contribution in [2.75, 3.05) is 0 Å². The molecular weight excluding hydrogens is 242 g/mol. The van der Waals surface area contributed by atoms with Gasteiger partial charge in [-0.1, -0.05) is 0 Å². The SMILES string of the molecule is Oc1nncc2c1cnn2-c1ccc(F)cc1F. The summed E-state index contributed by atoms with van der Waals surface area (Å²) < 4.78 is 27.7. The number of nitrogens with zero attached hydrogens (tertiary/aromatic N) is 4. The molecule has 3 rings (SSSR count). The molecule has 0 radical (unpaired) electrons. The third-order valence-corrected chi connectivity index (χ3v) is 2.52. The highest BCUT2D eigenvalue weighted by Crippen LogP contribution is 2.24. The normalized spacial score (nSPS) is 11.0. The summed E-state index contributed by atoms with van der Waals surface area (Å²) in [7, 11) is 0. The van der Waals surface area contributed by atoms with Gasteiger partial charge in [0.25, 0.3) is 0 Å². The van der Waals surface area contributed by atoms with E-state index in [0.717, 1.165) is 12.1 Å². The van der Waals surface area contributed by atoms with Crippen LogP contribution in [0, 0.1) is 11.6 Å². The van der Waals surface area contributed by atoms with Gasteiger partial charge in [0, 0.05) is 6.07 Å². The predicted octanol–water partition coefficient (Wildman–Crippen LogP) is 1.80. The molecule has 90 valence electrons. The second-order valence-electron chi connectivity index (χ2n) is 3.62. The third kappa shape index (κ3) is 1.48. The summed E-state index contributed by atoms with van der Waals surface area (Å²) in [6.07, 6.45) is 2.67. The van der Waals surface area contributed by atoms with Crippen LogP contribution in [-0.4, -0.2) is 25.1 Å². The topological polar surface area (TPSA) is 63.8 Å². The van der Waals surface area contributed by atoms with Gasteiger partial charge in [-0.2, -0.15) is 10.2 Å². The standard InChI is InChI=1S/C11H6F2N4O/c12-6-1-2-9(8(13)3-6)17-10-5-14-16-11(18)7(10)4-15-17/h1-5H,(H,16,18). The Morgan fingerprint density at radius 3 is 2.78 bits per heavy atom. The molecule has 5 nitrogen and oxygen atoms in total. The van der Waals surface area contributed by atoms with Gasteiger partial charge >= 0.3 is 0 Å². The lowest BCUT2D eigenvalue weighted by molar-refractivity contribution is 0.452. The molecule has 7 heteroatoms.